The Morgan fingerprint density at radius 1 is 1.56 bits per heavy atom. The van der Waals surface area contributed by atoms with Gasteiger partial charge in [0, 0.05) is 0 Å². The number of nitriles is 1. The molecule has 0 aromatic carbocycles. The highest BCUT2D eigenvalue weighted by atomic mass is 35.5. The first kappa shape index (κ1) is 12.8. The summed E-state index contributed by atoms with van der Waals surface area (Å²) in [6.45, 7) is 0. The number of nitrogens with zero attached hydrogens (tertiary/aromatic N) is 2. The van der Waals surface area contributed by atoms with Crippen LogP contribution in [0, 0.1) is 11.3 Å². The molecule has 1 aromatic rings. The number of nitrogens with two attached hydrogens (primary N) is 1. The topological polar surface area (TPSA) is 96.8 Å². The molecule has 0 fully saturated rings. The van der Waals surface area contributed by atoms with E-state index in [1.807, 2.05) is 0 Å². The van der Waals surface area contributed by atoms with Crippen LogP contribution in [-0.2, 0) is 10.0 Å². The molecule has 0 aliphatic heterocycles. The normalized spacial score (nSPS) is 11.5. The third kappa shape index (κ3) is 2.44. The highest BCUT2D eigenvalue weighted by molar-refractivity contribution is 7.89. The van der Waals surface area contributed by atoms with Gasteiger partial charge in [0.15, 0.2) is 5.69 Å². The summed E-state index contributed by atoms with van der Waals surface area (Å²) in [4.78, 5) is 2.27. The monoisotopic (exact) mass is 267 g/mol. The van der Waals surface area contributed by atoms with Gasteiger partial charge in [0.25, 0.3) is 6.43 Å². The van der Waals surface area contributed by atoms with Gasteiger partial charge >= 0.3 is 0 Å². The van der Waals surface area contributed by atoms with Crippen molar-refractivity contribution in [2.75, 3.05) is 0 Å². The molecule has 9 heteroatoms. The average molecular weight is 268 g/mol. The molecule has 0 aliphatic carbocycles. The largest absolute Gasteiger partial charge is 0.281 e. The number of pyridine rings is 1. The van der Waals surface area contributed by atoms with Crippen molar-refractivity contribution in [2.24, 2.45) is 5.14 Å². The molecule has 0 spiro atoms. The van der Waals surface area contributed by atoms with Gasteiger partial charge in [0.05, 0.1) is 5.02 Å². The SMILES string of the molecule is N#Cc1nc(C(F)F)c(S(N)(=O)=O)cc1Cl. The fraction of sp³-hybridized carbons (Fsp3) is 0.143. The number of alkyl halides is 2. The zero-order valence-corrected chi connectivity index (χ0v) is 9.06. The van der Waals surface area contributed by atoms with Crippen LogP contribution in [-0.4, -0.2) is 13.4 Å². The first-order valence-corrected chi connectivity index (χ1v) is 5.61. The molecule has 0 atom stereocenters. The molecule has 1 aromatic heterocycles. The van der Waals surface area contributed by atoms with Gasteiger partial charge in [0.1, 0.15) is 16.7 Å². The quantitative estimate of drug-likeness (QED) is 0.870. The Morgan fingerprint density at radius 3 is 2.50 bits per heavy atom. The molecule has 0 aliphatic rings. The van der Waals surface area contributed by atoms with Gasteiger partial charge in [-0.25, -0.2) is 27.3 Å². The number of hydrogen-bond acceptors (Lipinski definition) is 4. The van der Waals surface area contributed by atoms with Crippen molar-refractivity contribution in [1.29, 1.82) is 5.26 Å². The fourth-order valence-corrected chi connectivity index (χ4v) is 1.92. The van der Waals surface area contributed by atoms with Crippen LogP contribution in [0.3, 0.4) is 0 Å². The second kappa shape index (κ2) is 4.29. The van der Waals surface area contributed by atoms with Gasteiger partial charge in [-0.1, -0.05) is 11.6 Å². The van der Waals surface area contributed by atoms with Crippen molar-refractivity contribution in [1.82, 2.24) is 4.98 Å². The number of halogens is 3. The van der Waals surface area contributed by atoms with Crippen LogP contribution in [0.2, 0.25) is 5.02 Å². The predicted octanol–water partition coefficient (Wildman–Crippen LogP) is 1.19. The molecule has 0 saturated heterocycles. The number of hydrogen-bond donors (Lipinski definition) is 1. The number of primary sulfonamides is 1. The van der Waals surface area contributed by atoms with Gasteiger partial charge in [-0.15, -0.1) is 0 Å². The minimum atomic E-state index is -4.36. The molecule has 0 saturated carbocycles. The number of aromatic nitrogens is 1. The Balaban J connectivity index is 3.63. The Labute approximate surface area is 94.5 Å². The molecular formula is C7H4ClF2N3O2S. The van der Waals surface area contributed by atoms with Crippen LogP contribution >= 0.6 is 11.6 Å². The molecule has 1 heterocycles. The van der Waals surface area contributed by atoms with Crippen molar-refractivity contribution in [2.45, 2.75) is 11.3 Å². The van der Waals surface area contributed by atoms with E-state index in [2.05, 4.69) is 4.98 Å². The molecule has 1 rings (SSSR count). The molecule has 5 nitrogen and oxygen atoms in total. The third-order valence-electron chi connectivity index (χ3n) is 1.59. The second-order valence-electron chi connectivity index (χ2n) is 2.66. The van der Waals surface area contributed by atoms with E-state index >= 15 is 0 Å². The van der Waals surface area contributed by atoms with E-state index in [1.165, 1.54) is 6.07 Å². The molecule has 86 valence electrons. The van der Waals surface area contributed by atoms with Gasteiger partial charge in [-0.3, -0.25) is 0 Å². The van der Waals surface area contributed by atoms with E-state index in [0.717, 1.165) is 0 Å². The summed E-state index contributed by atoms with van der Waals surface area (Å²) in [7, 11) is -4.36. The van der Waals surface area contributed by atoms with E-state index in [9.17, 15) is 17.2 Å². The van der Waals surface area contributed by atoms with Crippen LogP contribution < -0.4 is 5.14 Å². The maximum absolute atomic E-state index is 12.5. The lowest BCUT2D eigenvalue weighted by Crippen LogP contribution is -2.16. The van der Waals surface area contributed by atoms with Crippen molar-refractivity contribution in [3.63, 3.8) is 0 Å². The van der Waals surface area contributed by atoms with Gasteiger partial charge in [0.2, 0.25) is 10.0 Å². The molecule has 16 heavy (non-hydrogen) atoms. The second-order valence-corrected chi connectivity index (χ2v) is 4.60. The van der Waals surface area contributed by atoms with Gasteiger partial charge < -0.3 is 0 Å². The summed E-state index contributed by atoms with van der Waals surface area (Å²) in [5.74, 6) is 0. The minimum absolute atomic E-state index is 0.351. The highest BCUT2D eigenvalue weighted by Gasteiger charge is 2.24. The lowest BCUT2D eigenvalue weighted by Gasteiger charge is -2.07. The first-order valence-electron chi connectivity index (χ1n) is 3.69. The minimum Gasteiger partial charge on any atom is -0.233 e. The first-order chi connectivity index (χ1) is 7.27. The lowest BCUT2D eigenvalue weighted by molar-refractivity contribution is 0.142. The van der Waals surface area contributed by atoms with E-state index in [-0.39, 0.29) is 5.02 Å². The van der Waals surface area contributed by atoms with Crippen LogP contribution in [0.25, 0.3) is 0 Å². The van der Waals surface area contributed by atoms with E-state index < -0.39 is 32.7 Å². The highest BCUT2D eigenvalue weighted by Crippen LogP contribution is 2.27. The Morgan fingerprint density at radius 2 is 2.12 bits per heavy atom. The Bertz CT molecular complexity index is 568. The molecule has 0 amide bonds. The van der Waals surface area contributed by atoms with Crippen LogP contribution in [0.1, 0.15) is 17.8 Å². The maximum atomic E-state index is 12.5. The zero-order chi connectivity index (χ0) is 12.5. The smallest absolute Gasteiger partial charge is 0.233 e. The standard InChI is InChI=1S/C7H4ClF2N3O2S/c8-3-1-5(16(12,14)15)6(7(9)10)13-4(3)2-11/h1,7H,(H2,12,14,15). The third-order valence-corrected chi connectivity index (χ3v) is 2.82. The van der Waals surface area contributed by atoms with Crippen LogP contribution in [0.15, 0.2) is 11.0 Å². The molecular weight excluding hydrogens is 264 g/mol. The van der Waals surface area contributed by atoms with Crippen molar-refractivity contribution < 1.29 is 17.2 Å². The van der Waals surface area contributed by atoms with E-state index in [4.69, 9.17) is 22.0 Å². The number of rotatable bonds is 2. The molecule has 0 unspecified atom stereocenters. The van der Waals surface area contributed by atoms with Crippen LogP contribution in [0.5, 0.6) is 0 Å². The summed E-state index contributed by atoms with van der Waals surface area (Å²) in [6.07, 6.45) is -3.17. The molecule has 0 bridgehead atoms. The summed E-state index contributed by atoms with van der Waals surface area (Å²) in [6, 6.07) is 2.14. The fourth-order valence-electron chi connectivity index (χ4n) is 0.949. The van der Waals surface area contributed by atoms with Crippen molar-refractivity contribution in [3.8, 4) is 6.07 Å². The Hall–Kier alpha value is -1.30. The lowest BCUT2D eigenvalue weighted by atomic mass is 10.3. The number of sulfonamides is 1. The average Bonchev–Trinajstić information content (AvgIpc) is 2.15. The van der Waals surface area contributed by atoms with Gasteiger partial charge in [-0.2, -0.15) is 5.26 Å². The maximum Gasteiger partial charge on any atom is 0.281 e. The van der Waals surface area contributed by atoms with Crippen LogP contribution in [0.4, 0.5) is 8.78 Å². The van der Waals surface area contributed by atoms with Gasteiger partial charge in [-0.05, 0) is 6.07 Å². The predicted molar refractivity (Wildman–Crippen MR) is 50.3 cm³/mol. The van der Waals surface area contributed by atoms with Crippen molar-refractivity contribution >= 4 is 21.6 Å². The summed E-state index contributed by atoms with van der Waals surface area (Å²) in [5, 5.41) is 12.9. The zero-order valence-electron chi connectivity index (χ0n) is 7.49. The van der Waals surface area contributed by atoms with Crippen molar-refractivity contribution in [3.05, 3.63) is 22.5 Å². The summed E-state index contributed by atoms with van der Waals surface area (Å²) < 4.78 is 46.9. The Kier molecular flexibility index (Phi) is 3.42. The molecule has 0 radical (unpaired) electrons. The summed E-state index contributed by atoms with van der Waals surface area (Å²) >= 11 is 5.46. The van der Waals surface area contributed by atoms with E-state index in [1.54, 1.807) is 0 Å². The van der Waals surface area contributed by atoms with E-state index in [0.29, 0.717) is 6.07 Å². The summed E-state index contributed by atoms with van der Waals surface area (Å²) in [5.41, 5.74) is -1.56. The molecule has 2 N–H and O–H groups in total.